The maximum absolute atomic E-state index is 12.9. The quantitative estimate of drug-likeness (QED) is 0.801. The molecule has 0 bridgehead atoms. The predicted molar refractivity (Wildman–Crippen MR) is 101 cm³/mol. The van der Waals surface area contributed by atoms with Crippen molar-refractivity contribution in [2.75, 3.05) is 32.8 Å². The van der Waals surface area contributed by atoms with Crippen molar-refractivity contribution in [3.8, 4) is 0 Å². The molecule has 1 aromatic heterocycles. The summed E-state index contributed by atoms with van der Waals surface area (Å²) in [7, 11) is 0. The van der Waals surface area contributed by atoms with Crippen LogP contribution in [0.1, 0.15) is 55.3 Å². The van der Waals surface area contributed by atoms with Gasteiger partial charge in [-0.3, -0.25) is 14.6 Å². The molecule has 0 N–H and O–H groups in total. The van der Waals surface area contributed by atoms with Gasteiger partial charge in [0.1, 0.15) is 0 Å². The lowest BCUT2D eigenvalue weighted by Gasteiger charge is -2.45. The first-order valence-electron chi connectivity index (χ1n) is 10.3. The summed E-state index contributed by atoms with van der Waals surface area (Å²) in [6, 6.07) is 3.49. The minimum atomic E-state index is 0.0371. The summed E-state index contributed by atoms with van der Waals surface area (Å²) in [5.41, 5.74) is 0.707. The zero-order chi connectivity index (χ0) is 18.7. The zero-order valence-corrected chi connectivity index (χ0v) is 15.9. The van der Waals surface area contributed by atoms with Gasteiger partial charge in [0, 0.05) is 56.7 Å². The summed E-state index contributed by atoms with van der Waals surface area (Å²) in [6.07, 6.45) is 10.3. The molecule has 3 saturated heterocycles. The Bertz CT molecular complexity index is 655. The van der Waals surface area contributed by atoms with Crippen molar-refractivity contribution in [2.24, 2.45) is 5.92 Å². The van der Waals surface area contributed by atoms with Crippen molar-refractivity contribution in [3.05, 3.63) is 30.1 Å². The lowest BCUT2D eigenvalue weighted by Crippen LogP contribution is -2.51. The normalized spacial score (nSPS) is 23.4. The third-order valence-corrected chi connectivity index (χ3v) is 6.48. The molecule has 1 aromatic rings. The van der Waals surface area contributed by atoms with E-state index in [1.54, 1.807) is 24.5 Å². The largest absolute Gasteiger partial charge is 0.375 e. The molecule has 3 aliphatic heterocycles. The van der Waals surface area contributed by atoms with Gasteiger partial charge in [-0.1, -0.05) is 0 Å². The van der Waals surface area contributed by atoms with E-state index in [1.165, 1.54) is 12.8 Å². The number of carbonyl (C=O) groups excluding carboxylic acids is 2. The van der Waals surface area contributed by atoms with Gasteiger partial charge in [0.2, 0.25) is 5.91 Å². The van der Waals surface area contributed by atoms with Crippen molar-refractivity contribution >= 4 is 11.8 Å². The topological polar surface area (TPSA) is 62.7 Å². The molecule has 0 atom stereocenters. The standard InChI is InChI=1S/C21H29N3O3/c25-19(17-3-10-22-11-4-17)23-12-5-18(6-13-23)20(26)24-14-8-21(9-15-24)7-1-2-16-27-21/h3-4,10-11,18H,1-2,5-9,12-16H2. The average molecular weight is 371 g/mol. The SMILES string of the molecule is O=C(c1ccncc1)N1CCC(C(=O)N2CCC3(CCCCO3)CC2)CC1. The minimum absolute atomic E-state index is 0.0371. The molecule has 0 saturated carbocycles. The van der Waals surface area contributed by atoms with Crippen molar-refractivity contribution in [1.29, 1.82) is 0 Å². The Morgan fingerprint density at radius 1 is 0.963 bits per heavy atom. The zero-order valence-electron chi connectivity index (χ0n) is 15.9. The molecule has 2 amide bonds. The van der Waals surface area contributed by atoms with Gasteiger partial charge in [0.15, 0.2) is 0 Å². The summed E-state index contributed by atoms with van der Waals surface area (Å²) < 4.78 is 6.08. The molecule has 0 aliphatic carbocycles. The first kappa shape index (κ1) is 18.4. The second-order valence-electron chi connectivity index (χ2n) is 8.12. The molecule has 27 heavy (non-hydrogen) atoms. The Kier molecular flexibility index (Phi) is 5.43. The number of hydrogen-bond acceptors (Lipinski definition) is 4. The maximum atomic E-state index is 12.9. The van der Waals surface area contributed by atoms with Gasteiger partial charge in [-0.2, -0.15) is 0 Å². The first-order chi connectivity index (χ1) is 13.2. The van der Waals surface area contributed by atoms with Crippen molar-refractivity contribution < 1.29 is 14.3 Å². The third kappa shape index (κ3) is 4.00. The van der Waals surface area contributed by atoms with Crippen LogP contribution >= 0.6 is 0 Å². The highest BCUT2D eigenvalue weighted by Crippen LogP contribution is 2.35. The van der Waals surface area contributed by atoms with Crippen LogP contribution in [0, 0.1) is 5.92 Å². The second-order valence-corrected chi connectivity index (χ2v) is 8.12. The first-order valence-corrected chi connectivity index (χ1v) is 10.3. The number of aromatic nitrogens is 1. The fourth-order valence-corrected chi connectivity index (χ4v) is 4.70. The number of hydrogen-bond donors (Lipinski definition) is 0. The fraction of sp³-hybridized carbons (Fsp3) is 0.667. The van der Waals surface area contributed by atoms with Gasteiger partial charge in [-0.25, -0.2) is 0 Å². The number of pyridine rings is 1. The van der Waals surface area contributed by atoms with E-state index < -0.39 is 0 Å². The highest BCUT2D eigenvalue weighted by Gasteiger charge is 2.39. The molecular weight excluding hydrogens is 342 g/mol. The molecular formula is C21H29N3O3. The summed E-state index contributed by atoms with van der Waals surface area (Å²) in [5, 5.41) is 0. The number of carbonyl (C=O) groups is 2. The van der Waals surface area contributed by atoms with Crippen LogP contribution in [0.2, 0.25) is 0 Å². The van der Waals surface area contributed by atoms with Gasteiger partial charge < -0.3 is 14.5 Å². The van der Waals surface area contributed by atoms with Crippen LogP contribution in [-0.4, -0.2) is 65.0 Å². The van der Waals surface area contributed by atoms with Crippen LogP contribution in [0.5, 0.6) is 0 Å². The Hall–Kier alpha value is -1.95. The van der Waals surface area contributed by atoms with E-state index in [0.717, 1.165) is 51.8 Å². The average Bonchev–Trinajstić information content (AvgIpc) is 2.75. The molecule has 1 spiro atoms. The van der Waals surface area contributed by atoms with Crippen molar-refractivity contribution in [1.82, 2.24) is 14.8 Å². The van der Waals surface area contributed by atoms with E-state index in [4.69, 9.17) is 4.74 Å². The number of rotatable bonds is 2. The molecule has 6 heteroatoms. The lowest BCUT2D eigenvalue weighted by atomic mass is 9.84. The monoisotopic (exact) mass is 371 g/mol. The van der Waals surface area contributed by atoms with Crippen molar-refractivity contribution in [3.63, 3.8) is 0 Å². The van der Waals surface area contributed by atoms with E-state index in [9.17, 15) is 9.59 Å². The second kappa shape index (κ2) is 7.97. The summed E-state index contributed by atoms with van der Waals surface area (Å²) >= 11 is 0. The smallest absolute Gasteiger partial charge is 0.253 e. The van der Waals surface area contributed by atoms with Gasteiger partial charge in [-0.05, 0) is 57.1 Å². The maximum Gasteiger partial charge on any atom is 0.253 e. The fourth-order valence-electron chi connectivity index (χ4n) is 4.70. The molecule has 3 fully saturated rings. The minimum Gasteiger partial charge on any atom is -0.375 e. The Labute approximate surface area is 160 Å². The number of piperidine rings is 2. The predicted octanol–water partition coefficient (Wildman–Crippen LogP) is 2.50. The van der Waals surface area contributed by atoms with Crippen LogP contribution in [0.25, 0.3) is 0 Å². The number of ether oxygens (including phenoxy) is 1. The van der Waals surface area contributed by atoms with Gasteiger partial charge in [0.25, 0.3) is 5.91 Å². The van der Waals surface area contributed by atoms with E-state index >= 15 is 0 Å². The van der Waals surface area contributed by atoms with Gasteiger partial charge in [0.05, 0.1) is 5.60 Å². The highest BCUT2D eigenvalue weighted by molar-refractivity contribution is 5.94. The van der Waals surface area contributed by atoms with Crippen LogP contribution < -0.4 is 0 Å². The van der Waals surface area contributed by atoms with E-state index in [1.807, 2.05) is 9.80 Å². The molecule has 6 nitrogen and oxygen atoms in total. The summed E-state index contributed by atoms with van der Waals surface area (Å²) in [6.45, 7) is 3.80. The number of amides is 2. The Balaban J connectivity index is 1.27. The molecule has 0 unspecified atom stereocenters. The van der Waals surface area contributed by atoms with Crippen LogP contribution in [0.3, 0.4) is 0 Å². The van der Waals surface area contributed by atoms with Gasteiger partial charge in [-0.15, -0.1) is 0 Å². The number of nitrogens with zero attached hydrogens (tertiary/aromatic N) is 3. The van der Waals surface area contributed by atoms with Crippen molar-refractivity contribution in [2.45, 2.75) is 50.5 Å². The van der Waals surface area contributed by atoms with E-state index in [2.05, 4.69) is 4.98 Å². The molecule has 0 radical (unpaired) electrons. The molecule has 4 rings (SSSR count). The Morgan fingerprint density at radius 2 is 1.67 bits per heavy atom. The lowest BCUT2D eigenvalue weighted by molar-refractivity contribution is -0.147. The van der Waals surface area contributed by atoms with Crippen LogP contribution in [0.4, 0.5) is 0 Å². The molecule has 4 heterocycles. The molecule has 146 valence electrons. The van der Waals surface area contributed by atoms with E-state index in [-0.39, 0.29) is 23.3 Å². The summed E-state index contributed by atoms with van der Waals surface area (Å²) in [5.74, 6) is 0.363. The van der Waals surface area contributed by atoms with E-state index in [0.29, 0.717) is 18.7 Å². The third-order valence-electron chi connectivity index (χ3n) is 6.48. The highest BCUT2D eigenvalue weighted by atomic mass is 16.5. The summed E-state index contributed by atoms with van der Waals surface area (Å²) in [4.78, 5) is 33.3. The molecule has 0 aromatic carbocycles. The molecule has 3 aliphatic rings. The van der Waals surface area contributed by atoms with Gasteiger partial charge >= 0.3 is 0 Å². The number of likely N-dealkylation sites (tertiary alicyclic amines) is 2. The van der Waals surface area contributed by atoms with Crippen LogP contribution in [0.15, 0.2) is 24.5 Å². The van der Waals surface area contributed by atoms with Crippen LogP contribution in [-0.2, 0) is 9.53 Å². The Morgan fingerprint density at radius 3 is 2.30 bits per heavy atom.